The summed E-state index contributed by atoms with van der Waals surface area (Å²) in [6.07, 6.45) is 0. The summed E-state index contributed by atoms with van der Waals surface area (Å²) in [7, 11) is 0. The molecule has 0 aliphatic carbocycles. The fourth-order valence-electron chi connectivity index (χ4n) is 0. The van der Waals surface area contributed by atoms with Crippen molar-refractivity contribution in [2.45, 2.75) is 0 Å². The molecule has 0 heterocycles. The van der Waals surface area contributed by atoms with Crippen LogP contribution in [0.25, 0.3) is 0 Å². The van der Waals surface area contributed by atoms with E-state index in [-0.39, 0.29) is 67.9 Å². The second-order valence-corrected chi connectivity index (χ2v) is 0. The molecule has 0 aliphatic rings. The molecule has 5 heteroatoms. The van der Waals surface area contributed by atoms with Crippen LogP contribution < -0.4 is 18.9 Å². The Kier molecular flexibility index (Phi) is 2590. The zero-order valence-electron chi connectivity index (χ0n) is 2.80. The van der Waals surface area contributed by atoms with Gasteiger partial charge >= 0.3 is 62.4 Å². The Morgan fingerprint density at radius 1 is 1.00 bits per heavy atom. The molecule has 0 aliphatic heterocycles. The fraction of sp³-hybridized carbons (Fsp3) is 0. The van der Waals surface area contributed by atoms with E-state index in [4.69, 9.17) is 0 Å². The predicted molar refractivity (Wildman–Crippen MR) is 6.44 cm³/mol. The zero-order valence-corrected chi connectivity index (χ0v) is 9.05. The summed E-state index contributed by atoms with van der Waals surface area (Å²) < 4.78 is 0. The molecule has 0 spiro atoms. The quantitative estimate of drug-likeness (QED) is 0.383. The van der Waals surface area contributed by atoms with Gasteiger partial charge in [0.15, 0.2) is 0 Å². The molecule has 0 N–H and O–H groups in total. The van der Waals surface area contributed by atoms with Crippen LogP contribution in [0.15, 0.2) is 0 Å². The van der Waals surface area contributed by atoms with Crippen LogP contribution in [0, 0.1) is 0 Å². The van der Waals surface area contributed by atoms with Crippen LogP contribution in [0.5, 0.6) is 0 Å². The SMILES string of the molecule is [Al+3].[Cf].[Li+].[O-2].[Zr+4]. The van der Waals surface area contributed by atoms with Crippen molar-refractivity contribution in [2.75, 3.05) is 0 Å². The minimum absolute atomic E-state index is 0. The molecule has 0 bridgehead atoms. The molecule has 0 saturated carbocycles. The van der Waals surface area contributed by atoms with Gasteiger partial charge in [0.1, 0.15) is 0 Å². The van der Waals surface area contributed by atoms with Crippen LogP contribution in [-0.2, 0) is 31.7 Å². The molecule has 0 fully saturated rings. The van der Waals surface area contributed by atoms with Crippen LogP contribution in [0.1, 0.15) is 0 Å². The van der Waals surface area contributed by atoms with Crippen LogP contribution in [-0.4, -0.2) is 17.4 Å². The molecule has 0 aromatic heterocycles. The maximum Gasteiger partial charge on any atom is 4.00 e. The summed E-state index contributed by atoms with van der Waals surface area (Å²) in [5.41, 5.74) is 0. The molecule has 0 amide bonds. The minimum Gasteiger partial charge on any atom is -2.00 e. The van der Waals surface area contributed by atoms with Crippen molar-refractivity contribution < 1.29 is 50.5 Å². The molecule has 0 rings (SSSR count). The zero-order chi connectivity index (χ0) is 0. The van der Waals surface area contributed by atoms with Crippen LogP contribution in [0.4, 0.5) is 0 Å². The van der Waals surface area contributed by atoms with Crippen molar-refractivity contribution in [3.05, 3.63) is 0 Å². The van der Waals surface area contributed by atoms with Crippen molar-refractivity contribution in [2.24, 2.45) is 0 Å². The van der Waals surface area contributed by atoms with Crippen molar-refractivity contribution in [3.63, 3.8) is 0 Å². The van der Waals surface area contributed by atoms with Gasteiger partial charge in [0, 0.05) is 0 Å². The minimum atomic E-state index is 0. The Bertz CT molecular complexity index is 11.6. The third-order valence-corrected chi connectivity index (χ3v) is 0. The third kappa shape index (κ3) is 46.4. The molecule has 0 atom stereocenters. The number of hydrogen-bond acceptors (Lipinski definition) is 0. The van der Waals surface area contributed by atoms with E-state index < -0.39 is 0 Å². The fourth-order valence-corrected chi connectivity index (χ4v) is 0. The van der Waals surface area contributed by atoms with E-state index in [1.165, 1.54) is 0 Å². The summed E-state index contributed by atoms with van der Waals surface area (Å²) in [4.78, 5) is 0. The van der Waals surface area contributed by atoms with Crippen LogP contribution >= 0.6 is 0 Å². The van der Waals surface area contributed by atoms with Gasteiger partial charge in [0.05, 0.1) is 0 Å². The van der Waals surface area contributed by atoms with Gasteiger partial charge in [-0.2, -0.15) is 0 Å². The number of rotatable bonds is 0. The third-order valence-electron chi connectivity index (χ3n) is 0. The first kappa shape index (κ1) is 156. The average Bonchev–Trinajstić information content (AvgIpc) is 0. The maximum absolute atomic E-state index is 0. The molecule has 18 valence electrons. The van der Waals surface area contributed by atoms with Gasteiger partial charge in [-0.05, 0) is 0 Å². The first-order valence-electron chi connectivity index (χ1n) is 0. The van der Waals surface area contributed by atoms with E-state index in [0.29, 0.717) is 0 Å². The maximum atomic E-state index is 0. The summed E-state index contributed by atoms with van der Waals surface area (Å²) in [5.74, 6) is 0. The Balaban J connectivity index is 0. The molecule has 0 aromatic carbocycles. The first-order chi connectivity index (χ1) is 0. The van der Waals surface area contributed by atoms with E-state index in [9.17, 15) is 0 Å². The molecule has 0 aromatic rings. The van der Waals surface area contributed by atoms with Crippen LogP contribution in [0.3, 0.4) is 0 Å². The smallest absolute Gasteiger partial charge is 2.00 e. The van der Waals surface area contributed by atoms with Gasteiger partial charge in [0.2, 0.25) is 0 Å². The second-order valence-electron chi connectivity index (χ2n) is 0. The topological polar surface area (TPSA) is 28.5 Å². The molecule has 0 radical (unpaired) electrons. The second kappa shape index (κ2) is 82.9. The van der Waals surface area contributed by atoms with Gasteiger partial charge in [-0.25, -0.2) is 0 Å². The summed E-state index contributed by atoms with van der Waals surface area (Å²) in [6, 6.07) is 0. The van der Waals surface area contributed by atoms with E-state index in [1.807, 2.05) is 0 Å². The summed E-state index contributed by atoms with van der Waals surface area (Å²) in [6.45, 7) is 0. The summed E-state index contributed by atoms with van der Waals surface area (Å²) in [5, 5.41) is 0. The Morgan fingerprint density at radius 3 is 1.00 bits per heavy atom. The van der Waals surface area contributed by atoms with E-state index >= 15 is 0 Å². The predicted octanol–water partition coefficient (Wildman–Crippen LogP) is -3.50. The molecule has 5 heavy (non-hydrogen) atoms. The summed E-state index contributed by atoms with van der Waals surface area (Å²) >= 11 is 0. The van der Waals surface area contributed by atoms with Crippen molar-refractivity contribution in [1.29, 1.82) is 0 Å². The molecule has 0 unspecified atom stereocenters. The van der Waals surface area contributed by atoms with Crippen LogP contribution in [0.2, 0.25) is 0 Å². The number of hydrogen-bond donors (Lipinski definition) is 0. The largest absolute Gasteiger partial charge is 4.00 e. The van der Waals surface area contributed by atoms with Gasteiger partial charge in [-0.15, -0.1) is 0 Å². The van der Waals surface area contributed by atoms with Gasteiger partial charge in [-0.1, -0.05) is 0 Å². The average molecular weight is 392 g/mol. The van der Waals surface area contributed by atoms with Crippen molar-refractivity contribution >= 4 is 17.4 Å². The molecule has 1 nitrogen and oxygen atoms in total. The standard InChI is InChI=1S/Al.Cf.Li.O.Zr/q+3;;+1;-2;+4. The van der Waals surface area contributed by atoms with Crippen molar-refractivity contribution in [3.8, 4) is 0 Å². The first-order valence-corrected chi connectivity index (χ1v) is 0. The Morgan fingerprint density at radius 2 is 1.00 bits per heavy atom. The molecule has 0 saturated heterocycles. The monoisotopic (exact) mass is 389 g/mol. The van der Waals surface area contributed by atoms with Gasteiger partial charge in [-0.3, -0.25) is 0 Å². The van der Waals surface area contributed by atoms with E-state index in [2.05, 4.69) is 0 Å². The van der Waals surface area contributed by atoms with Gasteiger partial charge in [0.25, 0.3) is 0 Å². The normalized spacial score (nSPS) is 0. The Labute approximate surface area is 67.3 Å². The Hall–Kier alpha value is 0.973. The molecular weight excluding hydrogens is 392 g/mol. The van der Waals surface area contributed by atoms with E-state index in [1.54, 1.807) is 0 Å². The van der Waals surface area contributed by atoms with Crippen molar-refractivity contribution in [1.82, 2.24) is 0 Å². The van der Waals surface area contributed by atoms with Gasteiger partial charge < -0.3 is 5.48 Å². The van der Waals surface area contributed by atoms with E-state index in [0.717, 1.165) is 0 Å². The molecular formula is AlCfLiOZr+6.